The third kappa shape index (κ3) is 3.23. The zero-order valence-electron chi connectivity index (χ0n) is 9.24. The van der Waals surface area contributed by atoms with Gasteiger partial charge < -0.3 is 5.32 Å². The SMILES string of the molecule is CC(=O)Nc1ccc(/C=N\n2cnnc2)cc1. The summed E-state index contributed by atoms with van der Waals surface area (Å²) in [5.41, 5.74) is 1.69. The van der Waals surface area contributed by atoms with Crippen LogP contribution in [0, 0.1) is 0 Å². The van der Waals surface area contributed by atoms with Gasteiger partial charge in [0.2, 0.25) is 5.91 Å². The van der Waals surface area contributed by atoms with Gasteiger partial charge in [-0.05, 0) is 17.7 Å². The van der Waals surface area contributed by atoms with Gasteiger partial charge in [-0.3, -0.25) is 4.79 Å². The third-order valence-electron chi connectivity index (χ3n) is 1.98. The number of amides is 1. The molecule has 1 amide bonds. The molecule has 1 aromatic heterocycles. The van der Waals surface area contributed by atoms with E-state index in [-0.39, 0.29) is 5.91 Å². The molecule has 2 aromatic rings. The van der Waals surface area contributed by atoms with Crippen LogP contribution in [-0.4, -0.2) is 27.0 Å². The molecular weight excluding hydrogens is 218 g/mol. The number of aromatic nitrogens is 3. The van der Waals surface area contributed by atoms with Crippen molar-refractivity contribution in [2.45, 2.75) is 6.92 Å². The lowest BCUT2D eigenvalue weighted by molar-refractivity contribution is -0.114. The van der Waals surface area contributed by atoms with E-state index in [1.54, 1.807) is 6.21 Å². The van der Waals surface area contributed by atoms with Gasteiger partial charge in [-0.25, -0.2) is 4.68 Å². The first-order chi connectivity index (χ1) is 8.24. The molecule has 2 rings (SSSR count). The number of hydrogen-bond donors (Lipinski definition) is 1. The first kappa shape index (κ1) is 11.0. The van der Waals surface area contributed by atoms with Crippen molar-refractivity contribution in [1.29, 1.82) is 0 Å². The average molecular weight is 229 g/mol. The molecule has 0 atom stereocenters. The van der Waals surface area contributed by atoms with Crippen molar-refractivity contribution in [2.75, 3.05) is 5.32 Å². The maximum Gasteiger partial charge on any atom is 0.221 e. The monoisotopic (exact) mass is 229 g/mol. The zero-order chi connectivity index (χ0) is 12.1. The highest BCUT2D eigenvalue weighted by Crippen LogP contribution is 2.07. The Morgan fingerprint density at radius 3 is 2.53 bits per heavy atom. The molecule has 1 heterocycles. The van der Waals surface area contributed by atoms with E-state index in [1.165, 1.54) is 24.3 Å². The Labute approximate surface area is 98.0 Å². The van der Waals surface area contributed by atoms with Crippen LogP contribution in [0.25, 0.3) is 0 Å². The van der Waals surface area contributed by atoms with Crippen molar-refractivity contribution < 1.29 is 4.79 Å². The second-order valence-corrected chi connectivity index (χ2v) is 3.39. The number of anilines is 1. The maximum atomic E-state index is 10.8. The number of nitrogens with zero attached hydrogens (tertiary/aromatic N) is 4. The van der Waals surface area contributed by atoms with Crippen LogP contribution in [0.1, 0.15) is 12.5 Å². The van der Waals surface area contributed by atoms with E-state index < -0.39 is 0 Å². The number of benzene rings is 1. The molecule has 0 bridgehead atoms. The normalized spacial score (nSPS) is 10.6. The van der Waals surface area contributed by atoms with Gasteiger partial charge in [0.05, 0.1) is 6.21 Å². The largest absolute Gasteiger partial charge is 0.326 e. The fraction of sp³-hybridized carbons (Fsp3) is 0.0909. The van der Waals surface area contributed by atoms with Gasteiger partial charge in [-0.2, -0.15) is 5.10 Å². The highest BCUT2D eigenvalue weighted by molar-refractivity contribution is 5.89. The summed E-state index contributed by atoms with van der Waals surface area (Å²) in [5.74, 6) is -0.0871. The second-order valence-electron chi connectivity index (χ2n) is 3.39. The molecule has 0 fully saturated rings. The van der Waals surface area contributed by atoms with Crippen LogP contribution in [0.5, 0.6) is 0 Å². The number of carbonyl (C=O) groups is 1. The van der Waals surface area contributed by atoms with Gasteiger partial charge in [-0.15, -0.1) is 10.2 Å². The minimum atomic E-state index is -0.0871. The summed E-state index contributed by atoms with van der Waals surface area (Å²) in [4.78, 5) is 10.8. The Balaban J connectivity index is 2.05. The van der Waals surface area contributed by atoms with Crippen LogP contribution >= 0.6 is 0 Å². The molecule has 1 N–H and O–H groups in total. The highest BCUT2D eigenvalue weighted by Gasteiger charge is 1.94. The lowest BCUT2D eigenvalue weighted by Crippen LogP contribution is -2.05. The molecule has 0 saturated carbocycles. The Bertz CT molecular complexity index is 515. The lowest BCUT2D eigenvalue weighted by atomic mass is 10.2. The molecule has 0 unspecified atom stereocenters. The molecule has 17 heavy (non-hydrogen) atoms. The molecule has 0 aliphatic heterocycles. The zero-order valence-corrected chi connectivity index (χ0v) is 9.24. The van der Waals surface area contributed by atoms with Crippen molar-refractivity contribution in [1.82, 2.24) is 14.9 Å². The van der Waals surface area contributed by atoms with Crippen molar-refractivity contribution >= 4 is 17.8 Å². The van der Waals surface area contributed by atoms with Crippen molar-refractivity contribution in [3.63, 3.8) is 0 Å². The summed E-state index contributed by atoms with van der Waals surface area (Å²) in [7, 11) is 0. The molecule has 6 nitrogen and oxygen atoms in total. The number of nitrogens with one attached hydrogen (secondary N) is 1. The minimum Gasteiger partial charge on any atom is -0.326 e. The van der Waals surface area contributed by atoms with Crippen LogP contribution < -0.4 is 5.32 Å². The standard InChI is InChI=1S/C11H11N5O/c1-9(17)15-11-4-2-10(3-5-11)6-14-16-7-12-13-8-16/h2-8H,1H3,(H,15,17)/b14-6-. The van der Waals surface area contributed by atoms with Crippen LogP contribution in [-0.2, 0) is 4.79 Å². The molecule has 86 valence electrons. The number of rotatable bonds is 3. The van der Waals surface area contributed by atoms with Crippen molar-refractivity contribution in [3.8, 4) is 0 Å². The third-order valence-corrected chi connectivity index (χ3v) is 1.98. The molecule has 0 spiro atoms. The van der Waals surface area contributed by atoms with E-state index in [2.05, 4.69) is 20.6 Å². The summed E-state index contributed by atoms with van der Waals surface area (Å²) in [6, 6.07) is 7.35. The lowest BCUT2D eigenvalue weighted by Gasteiger charge is -2.01. The Morgan fingerprint density at radius 2 is 1.94 bits per heavy atom. The van der Waals surface area contributed by atoms with Crippen LogP contribution in [0.2, 0.25) is 0 Å². The first-order valence-electron chi connectivity index (χ1n) is 5.01. The molecule has 1 aromatic carbocycles. The van der Waals surface area contributed by atoms with E-state index in [0.29, 0.717) is 0 Å². The summed E-state index contributed by atoms with van der Waals surface area (Å²) in [6.07, 6.45) is 4.69. The Kier molecular flexibility index (Phi) is 3.25. The summed E-state index contributed by atoms with van der Waals surface area (Å²) < 4.78 is 1.50. The molecule has 0 saturated heterocycles. The van der Waals surface area contributed by atoms with Crippen molar-refractivity contribution in [2.24, 2.45) is 5.10 Å². The fourth-order valence-electron chi connectivity index (χ4n) is 1.24. The smallest absolute Gasteiger partial charge is 0.221 e. The quantitative estimate of drug-likeness (QED) is 0.801. The molecular formula is C11H11N5O. The van der Waals surface area contributed by atoms with Gasteiger partial charge in [-0.1, -0.05) is 12.1 Å². The van der Waals surface area contributed by atoms with E-state index in [1.807, 2.05) is 24.3 Å². The van der Waals surface area contributed by atoms with E-state index in [9.17, 15) is 4.79 Å². The summed E-state index contributed by atoms with van der Waals surface area (Å²) in [5, 5.41) is 14.1. The predicted octanol–water partition coefficient (Wildman–Crippen LogP) is 1.12. The van der Waals surface area contributed by atoms with Gasteiger partial charge in [0, 0.05) is 12.6 Å². The maximum absolute atomic E-state index is 10.8. The van der Waals surface area contributed by atoms with Crippen molar-refractivity contribution in [3.05, 3.63) is 42.5 Å². The summed E-state index contributed by atoms with van der Waals surface area (Å²) >= 11 is 0. The molecule has 0 radical (unpaired) electrons. The van der Waals surface area contributed by atoms with Gasteiger partial charge in [0.15, 0.2) is 0 Å². The van der Waals surface area contributed by atoms with Crippen LogP contribution in [0.3, 0.4) is 0 Å². The Morgan fingerprint density at radius 1 is 1.29 bits per heavy atom. The van der Waals surface area contributed by atoms with E-state index in [4.69, 9.17) is 0 Å². The average Bonchev–Trinajstić information content (AvgIpc) is 2.80. The highest BCUT2D eigenvalue weighted by atomic mass is 16.1. The van der Waals surface area contributed by atoms with Gasteiger partial charge in [0.25, 0.3) is 0 Å². The topological polar surface area (TPSA) is 72.2 Å². The van der Waals surface area contributed by atoms with Crippen LogP contribution in [0.4, 0.5) is 5.69 Å². The number of hydrogen-bond acceptors (Lipinski definition) is 4. The van der Waals surface area contributed by atoms with Gasteiger partial charge in [0.1, 0.15) is 12.7 Å². The first-order valence-corrected chi connectivity index (χ1v) is 5.01. The molecule has 0 aliphatic rings. The molecule has 0 aliphatic carbocycles. The summed E-state index contributed by atoms with van der Waals surface area (Å²) in [6.45, 7) is 1.47. The van der Waals surface area contributed by atoms with Crippen LogP contribution in [0.15, 0.2) is 42.0 Å². The fourth-order valence-corrected chi connectivity index (χ4v) is 1.24. The van der Waals surface area contributed by atoms with E-state index >= 15 is 0 Å². The number of carbonyl (C=O) groups excluding carboxylic acids is 1. The minimum absolute atomic E-state index is 0.0871. The van der Waals surface area contributed by atoms with E-state index in [0.717, 1.165) is 11.3 Å². The second kappa shape index (κ2) is 5.02. The molecule has 6 heteroatoms. The predicted molar refractivity (Wildman–Crippen MR) is 63.8 cm³/mol. The Hall–Kier alpha value is -2.50. The van der Waals surface area contributed by atoms with Gasteiger partial charge >= 0.3 is 0 Å².